The molecule has 1 heterocycles. The number of ketones is 1. The standard InChI is InChI=1S/C11H7F4NO2S/c12-6-1-2-7-8(5-6)16(10(18)9(7)17)3-4-19-11(13,14)15/h1-2,5H,3-4H2. The van der Waals surface area contributed by atoms with Crippen molar-refractivity contribution in [3.8, 4) is 0 Å². The number of halogens is 4. The van der Waals surface area contributed by atoms with Crippen molar-refractivity contribution in [2.24, 2.45) is 0 Å². The van der Waals surface area contributed by atoms with Crippen LogP contribution < -0.4 is 4.90 Å². The zero-order chi connectivity index (χ0) is 14.2. The summed E-state index contributed by atoms with van der Waals surface area (Å²) in [4.78, 5) is 24.0. The fourth-order valence-electron chi connectivity index (χ4n) is 1.74. The van der Waals surface area contributed by atoms with Crippen molar-refractivity contribution < 1.29 is 27.2 Å². The van der Waals surface area contributed by atoms with E-state index in [2.05, 4.69) is 0 Å². The number of rotatable bonds is 3. The minimum Gasteiger partial charge on any atom is -0.304 e. The summed E-state index contributed by atoms with van der Waals surface area (Å²) in [6, 6.07) is 3.15. The van der Waals surface area contributed by atoms with Gasteiger partial charge in [0.2, 0.25) is 0 Å². The molecule has 3 nitrogen and oxygen atoms in total. The van der Waals surface area contributed by atoms with Crippen molar-refractivity contribution in [1.29, 1.82) is 0 Å². The summed E-state index contributed by atoms with van der Waals surface area (Å²) < 4.78 is 49.1. The number of Topliss-reactive ketones (excluding diaryl/α,β-unsaturated/α-hetero) is 1. The Morgan fingerprint density at radius 1 is 1.21 bits per heavy atom. The summed E-state index contributed by atoms with van der Waals surface area (Å²) >= 11 is -0.296. The molecule has 0 bridgehead atoms. The van der Waals surface area contributed by atoms with E-state index in [1.165, 1.54) is 0 Å². The van der Waals surface area contributed by atoms with E-state index < -0.39 is 28.8 Å². The van der Waals surface area contributed by atoms with Gasteiger partial charge >= 0.3 is 5.51 Å². The second-order valence-corrected chi connectivity index (χ2v) is 4.90. The predicted molar refractivity (Wildman–Crippen MR) is 61.6 cm³/mol. The molecule has 1 aliphatic rings. The van der Waals surface area contributed by atoms with Crippen LogP contribution in [0.5, 0.6) is 0 Å². The Kier molecular flexibility index (Phi) is 3.53. The summed E-state index contributed by atoms with van der Waals surface area (Å²) in [5, 5.41) is 0. The number of hydrogen-bond donors (Lipinski definition) is 0. The first-order valence-electron chi connectivity index (χ1n) is 5.16. The minimum absolute atomic E-state index is 0.0170. The van der Waals surface area contributed by atoms with Crippen LogP contribution in [0.1, 0.15) is 10.4 Å². The van der Waals surface area contributed by atoms with E-state index in [9.17, 15) is 27.2 Å². The van der Waals surface area contributed by atoms with Gasteiger partial charge in [0.25, 0.3) is 11.7 Å². The molecule has 8 heteroatoms. The Morgan fingerprint density at radius 3 is 2.53 bits per heavy atom. The van der Waals surface area contributed by atoms with Gasteiger partial charge in [-0.15, -0.1) is 0 Å². The second kappa shape index (κ2) is 4.84. The molecular weight excluding hydrogens is 286 g/mol. The van der Waals surface area contributed by atoms with Crippen LogP contribution in [0.15, 0.2) is 18.2 Å². The molecule has 0 N–H and O–H groups in total. The second-order valence-electron chi connectivity index (χ2n) is 3.74. The van der Waals surface area contributed by atoms with Gasteiger partial charge in [0.1, 0.15) is 5.82 Å². The number of amides is 1. The van der Waals surface area contributed by atoms with Gasteiger partial charge < -0.3 is 4.90 Å². The molecule has 2 rings (SSSR count). The average Bonchev–Trinajstić information content (AvgIpc) is 2.52. The molecule has 0 unspecified atom stereocenters. The lowest BCUT2D eigenvalue weighted by Crippen LogP contribution is -2.32. The van der Waals surface area contributed by atoms with Gasteiger partial charge in [0.05, 0.1) is 11.3 Å². The summed E-state index contributed by atoms with van der Waals surface area (Å²) in [6.07, 6.45) is 0. The maximum absolute atomic E-state index is 13.1. The lowest BCUT2D eigenvalue weighted by Gasteiger charge is -2.16. The number of anilines is 1. The lowest BCUT2D eigenvalue weighted by atomic mass is 10.1. The van der Waals surface area contributed by atoms with Crippen LogP contribution in [0.25, 0.3) is 0 Å². The van der Waals surface area contributed by atoms with E-state index in [0.717, 1.165) is 23.1 Å². The van der Waals surface area contributed by atoms with Crippen LogP contribution in [-0.2, 0) is 4.79 Å². The Morgan fingerprint density at radius 2 is 1.89 bits per heavy atom. The molecule has 19 heavy (non-hydrogen) atoms. The van der Waals surface area contributed by atoms with Crippen molar-refractivity contribution in [2.45, 2.75) is 5.51 Å². The van der Waals surface area contributed by atoms with Crippen molar-refractivity contribution in [1.82, 2.24) is 0 Å². The molecule has 1 amide bonds. The minimum atomic E-state index is -4.41. The molecule has 1 aromatic carbocycles. The van der Waals surface area contributed by atoms with E-state index in [1.807, 2.05) is 0 Å². The molecule has 0 aromatic heterocycles. The fourth-order valence-corrected chi connectivity index (χ4v) is 2.25. The van der Waals surface area contributed by atoms with Gasteiger partial charge in [0.15, 0.2) is 0 Å². The molecular formula is C11H7F4NO2S. The van der Waals surface area contributed by atoms with Crippen LogP contribution in [0.4, 0.5) is 23.2 Å². The summed E-state index contributed by atoms with van der Waals surface area (Å²) in [6.45, 7) is -0.300. The molecule has 0 saturated carbocycles. The molecule has 0 atom stereocenters. The first kappa shape index (κ1) is 13.9. The topological polar surface area (TPSA) is 37.4 Å². The van der Waals surface area contributed by atoms with E-state index in [4.69, 9.17) is 0 Å². The molecule has 1 aliphatic heterocycles. The van der Waals surface area contributed by atoms with Crippen LogP contribution in [0.3, 0.4) is 0 Å². The summed E-state index contributed by atoms with van der Waals surface area (Å²) in [5.74, 6) is -2.83. The molecule has 0 spiro atoms. The molecule has 0 fully saturated rings. The Bertz CT molecular complexity index is 544. The Hall–Kier alpha value is -1.57. The molecule has 0 radical (unpaired) electrons. The zero-order valence-corrected chi connectivity index (χ0v) is 10.1. The Balaban J connectivity index is 2.16. The first-order valence-corrected chi connectivity index (χ1v) is 6.14. The highest BCUT2D eigenvalue weighted by Crippen LogP contribution is 2.33. The number of carbonyl (C=O) groups is 2. The molecule has 0 saturated heterocycles. The third kappa shape index (κ3) is 2.89. The maximum atomic E-state index is 13.1. The van der Waals surface area contributed by atoms with Crippen LogP contribution in [0.2, 0.25) is 0 Å². The normalized spacial score (nSPS) is 15.1. The van der Waals surface area contributed by atoms with Crippen molar-refractivity contribution in [3.63, 3.8) is 0 Å². The van der Waals surface area contributed by atoms with E-state index >= 15 is 0 Å². The van der Waals surface area contributed by atoms with Crippen molar-refractivity contribution >= 4 is 29.1 Å². The monoisotopic (exact) mass is 293 g/mol. The highest BCUT2D eigenvalue weighted by atomic mass is 32.2. The SMILES string of the molecule is O=C1C(=O)N(CCSC(F)(F)F)c2cc(F)ccc21. The van der Waals surface area contributed by atoms with E-state index in [1.54, 1.807) is 0 Å². The number of hydrogen-bond acceptors (Lipinski definition) is 3. The van der Waals surface area contributed by atoms with Gasteiger partial charge in [-0.05, 0) is 30.0 Å². The van der Waals surface area contributed by atoms with Gasteiger partial charge in [-0.3, -0.25) is 9.59 Å². The van der Waals surface area contributed by atoms with Crippen LogP contribution in [-0.4, -0.2) is 29.5 Å². The number of benzene rings is 1. The van der Waals surface area contributed by atoms with Gasteiger partial charge in [-0.1, -0.05) is 0 Å². The quantitative estimate of drug-likeness (QED) is 0.635. The first-order chi connectivity index (χ1) is 8.79. The molecule has 1 aromatic rings. The fraction of sp³-hybridized carbons (Fsp3) is 0.273. The molecule has 102 valence electrons. The highest BCUT2D eigenvalue weighted by molar-refractivity contribution is 8.00. The third-order valence-corrected chi connectivity index (χ3v) is 3.23. The lowest BCUT2D eigenvalue weighted by molar-refractivity contribution is -0.114. The molecule has 0 aliphatic carbocycles. The van der Waals surface area contributed by atoms with Crippen molar-refractivity contribution in [3.05, 3.63) is 29.6 Å². The zero-order valence-electron chi connectivity index (χ0n) is 9.33. The number of fused-ring (bicyclic) bond motifs is 1. The number of carbonyl (C=O) groups excluding carboxylic acids is 2. The van der Waals surface area contributed by atoms with Crippen LogP contribution >= 0.6 is 11.8 Å². The average molecular weight is 293 g/mol. The number of thioether (sulfide) groups is 1. The van der Waals surface area contributed by atoms with Crippen LogP contribution in [0, 0.1) is 5.82 Å². The van der Waals surface area contributed by atoms with Gasteiger partial charge in [-0.2, -0.15) is 13.2 Å². The summed E-state index contributed by atoms with van der Waals surface area (Å²) in [5.41, 5.74) is -4.36. The highest BCUT2D eigenvalue weighted by Gasteiger charge is 2.36. The number of alkyl halides is 3. The van der Waals surface area contributed by atoms with Gasteiger partial charge in [0, 0.05) is 12.3 Å². The van der Waals surface area contributed by atoms with E-state index in [0.29, 0.717) is 0 Å². The summed E-state index contributed by atoms with van der Waals surface area (Å²) in [7, 11) is 0. The number of nitrogens with zero attached hydrogens (tertiary/aromatic N) is 1. The van der Waals surface area contributed by atoms with Crippen molar-refractivity contribution in [2.75, 3.05) is 17.2 Å². The van der Waals surface area contributed by atoms with Gasteiger partial charge in [-0.25, -0.2) is 4.39 Å². The third-order valence-electron chi connectivity index (χ3n) is 2.52. The Labute approximate surface area is 109 Å². The largest absolute Gasteiger partial charge is 0.441 e. The maximum Gasteiger partial charge on any atom is 0.441 e. The van der Waals surface area contributed by atoms with E-state index in [-0.39, 0.29) is 29.6 Å². The smallest absolute Gasteiger partial charge is 0.304 e. The predicted octanol–water partition coefficient (Wildman–Crippen LogP) is 2.61.